The van der Waals surface area contributed by atoms with Crippen molar-refractivity contribution in [2.24, 2.45) is 0 Å². The fourth-order valence-corrected chi connectivity index (χ4v) is 5.54. The van der Waals surface area contributed by atoms with Crippen molar-refractivity contribution in [3.8, 4) is 5.75 Å². The summed E-state index contributed by atoms with van der Waals surface area (Å²) in [5.74, 6) is 0.620. The molecule has 0 saturated carbocycles. The number of amides is 1. The SMILES string of the molecule is COc1ccc(CN(C(=O)c2cnn(Cc3ccccc3)c2)C2CCS(=O)(=O)C2)cc1. The fourth-order valence-electron chi connectivity index (χ4n) is 3.81. The molecule has 7 nitrogen and oxygen atoms in total. The molecule has 1 atom stereocenters. The Balaban J connectivity index is 1.56. The molecule has 1 amide bonds. The van der Waals surface area contributed by atoms with E-state index in [0.29, 0.717) is 25.1 Å². The fraction of sp³-hybridized carbons (Fsp3) is 0.304. The molecule has 0 bridgehead atoms. The largest absolute Gasteiger partial charge is 0.497 e. The predicted octanol–water partition coefficient (Wildman–Crippen LogP) is 2.77. The van der Waals surface area contributed by atoms with E-state index in [4.69, 9.17) is 4.74 Å². The third-order valence-corrected chi connectivity index (χ3v) is 7.24. The summed E-state index contributed by atoms with van der Waals surface area (Å²) < 4.78 is 31.1. The van der Waals surface area contributed by atoms with Crippen LogP contribution in [-0.2, 0) is 22.9 Å². The van der Waals surface area contributed by atoms with Gasteiger partial charge in [-0.1, -0.05) is 42.5 Å². The molecule has 162 valence electrons. The highest BCUT2D eigenvalue weighted by Gasteiger charge is 2.35. The molecule has 4 rings (SSSR count). The van der Waals surface area contributed by atoms with Crippen molar-refractivity contribution in [3.63, 3.8) is 0 Å². The van der Waals surface area contributed by atoms with Crippen LogP contribution >= 0.6 is 0 Å². The summed E-state index contributed by atoms with van der Waals surface area (Å²) in [7, 11) is -1.53. The van der Waals surface area contributed by atoms with Crippen LogP contribution in [0.25, 0.3) is 0 Å². The molecular weight excluding hydrogens is 414 g/mol. The Kier molecular flexibility index (Phi) is 6.08. The van der Waals surface area contributed by atoms with Crippen LogP contribution in [0.1, 0.15) is 27.9 Å². The first-order valence-corrected chi connectivity index (χ1v) is 12.0. The van der Waals surface area contributed by atoms with Gasteiger partial charge in [-0.3, -0.25) is 9.48 Å². The summed E-state index contributed by atoms with van der Waals surface area (Å²) in [4.78, 5) is 15.1. The van der Waals surface area contributed by atoms with Crippen molar-refractivity contribution in [2.75, 3.05) is 18.6 Å². The third-order valence-electron chi connectivity index (χ3n) is 5.49. The maximum Gasteiger partial charge on any atom is 0.257 e. The molecule has 0 spiro atoms. The summed E-state index contributed by atoms with van der Waals surface area (Å²) in [5, 5.41) is 4.33. The van der Waals surface area contributed by atoms with E-state index in [0.717, 1.165) is 16.9 Å². The average Bonchev–Trinajstić information content (AvgIpc) is 3.38. The van der Waals surface area contributed by atoms with Gasteiger partial charge in [0.1, 0.15) is 5.75 Å². The summed E-state index contributed by atoms with van der Waals surface area (Å²) >= 11 is 0. The van der Waals surface area contributed by atoms with E-state index in [1.54, 1.807) is 29.1 Å². The Hall–Kier alpha value is -3.13. The lowest BCUT2D eigenvalue weighted by atomic mass is 10.1. The molecule has 1 unspecified atom stereocenters. The minimum absolute atomic E-state index is 0.00690. The normalized spacial score (nSPS) is 17.4. The number of hydrogen-bond acceptors (Lipinski definition) is 5. The molecule has 31 heavy (non-hydrogen) atoms. The van der Waals surface area contributed by atoms with Gasteiger partial charge in [0.15, 0.2) is 9.84 Å². The van der Waals surface area contributed by atoms with E-state index >= 15 is 0 Å². The second-order valence-corrected chi connectivity index (χ2v) is 9.98. The molecule has 1 aliphatic rings. The number of carbonyl (C=O) groups excluding carboxylic acids is 1. The second-order valence-electron chi connectivity index (χ2n) is 7.75. The summed E-state index contributed by atoms with van der Waals surface area (Å²) in [6.07, 6.45) is 3.72. The molecule has 2 aromatic carbocycles. The lowest BCUT2D eigenvalue weighted by molar-refractivity contribution is 0.0681. The first-order valence-electron chi connectivity index (χ1n) is 10.1. The smallest absolute Gasteiger partial charge is 0.257 e. The zero-order valence-electron chi connectivity index (χ0n) is 17.3. The number of nitrogens with zero attached hydrogens (tertiary/aromatic N) is 3. The van der Waals surface area contributed by atoms with Gasteiger partial charge in [-0.2, -0.15) is 5.10 Å². The van der Waals surface area contributed by atoms with Crippen molar-refractivity contribution in [2.45, 2.75) is 25.6 Å². The Morgan fingerprint density at radius 2 is 1.87 bits per heavy atom. The number of carbonyl (C=O) groups is 1. The van der Waals surface area contributed by atoms with E-state index < -0.39 is 9.84 Å². The van der Waals surface area contributed by atoms with Crippen LogP contribution in [0.3, 0.4) is 0 Å². The van der Waals surface area contributed by atoms with Crippen molar-refractivity contribution >= 4 is 15.7 Å². The van der Waals surface area contributed by atoms with Crippen LogP contribution in [-0.4, -0.2) is 53.7 Å². The Labute approximate surface area is 182 Å². The standard InChI is InChI=1S/C23H25N3O4S/c1-30-22-9-7-19(8-10-22)15-26(21-11-12-31(28,29)17-21)23(27)20-13-24-25(16-20)14-18-5-3-2-4-6-18/h2-10,13,16,21H,11-12,14-15,17H2,1H3. The van der Waals surface area contributed by atoms with Gasteiger partial charge in [-0.25, -0.2) is 8.42 Å². The predicted molar refractivity (Wildman–Crippen MR) is 118 cm³/mol. The molecule has 2 heterocycles. The highest BCUT2D eigenvalue weighted by molar-refractivity contribution is 7.91. The lowest BCUT2D eigenvalue weighted by Gasteiger charge is -2.28. The minimum atomic E-state index is -3.13. The highest BCUT2D eigenvalue weighted by atomic mass is 32.2. The number of rotatable bonds is 7. The van der Waals surface area contributed by atoms with E-state index in [1.807, 2.05) is 54.6 Å². The second kappa shape index (κ2) is 8.93. The Morgan fingerprint density at radius 1 is 1.13 bits per heavy atom. The first-order chi connectivity index (χ1) is 14.9. The molecular formula is C23H25N3O4S. The minimum Gasteiger partial charge on any atom is -0.497 e. The number of hydrogen-bond donors (Lipinski definition) is 0. The number of ether oxygens (including phenoxy) is 1. The maximum absolute atomic E-state index is 13.4. The Bertz CT molecular complexity index is 1140. The maximum atomic E-state index is 13.4. The number of sulfone groups is 1. The molecule has 1 aliphatic heterocycles. The highest BCUT2D eigenvalue weighted by Crippen LogP contribution is 2.23. The van der Waals surface area contributed by atoms with Crippen LogP contribution in [0.5, 0.6) is 5.75 Å². The summed E-state index contributed by atoms with van der Waals surface area (Å²) in [5.41, 5.74) is 2.45. The van der Waals surface area contributed by atoms with E-state index in [2.05, 4.69) is 5.10 Å². The molecule has 8 heteroatoms. The van der Waals surface area contributed by atoms with Crippen LogP contribution in [0, 0.1) is 0 Å². The zero-order chi connectivity index (χ0) is 21.8. The number of aromatic nitrogens is 2. The average molecular weight is 440 g/mol. The van der Waals surface area contributed by atoms with Crippen molar-refractivity contribution in [3.05, 3.63) is 83.7 Å². The van der Waals surface area contributed by atoms with Gasteiger partial charge < -0.3 is 9.64 Å². The molecule has 1 fully saturated rings. The Morgan fingerprint density at radius 3 is 2.52 bits per heavy atom. The van der Waals surface area contributed by atoms with Crippen LogP contribution in [0.2, 0.25) is 0 Å². The van der Waals surface area contributed by atoms with Gasteiger partial charge in [0.25, 0.3) is 5.91 Å². The molecule has 1 aromatic heterocycles. The van der Waals surface area contributed by atoms with E-state index in [9.17, 15) is 13.2 Å². The van der Waals surface area contributed by atoms with Gasteiger partial charge in [0.2, 0.25) is 0 Å². The van der Waals surface area contributed by atoms with Crippen molar-refractivity contribution < 1.29 is 17.9 Å². The van der Waals surface area contributed by atoms with Gasteiger partial charge in [0.05, 0.1) is 36.9 Å². The monoisotopic (exact) mass is 439 g/mol. The molecule has 0 aliphatic carbocycles. The zero-order valence-corrected chi connectivity index (χ0v) is 18.2. The van der Waals surface area contributed by atoms with Crippen LogP contribution in [0.4, 0.5) is 0 Å². The van der Waals surface area contributed by atoms with Crippen LogP contribution in [0.15, 0.2) is 67.0 Å². The molecule has 1 saturated heterocycles. The van der Waals surface area contributed by atoms with E-state index in [1.165, 1.54) is 0 Å². The van der Waals surface area contributed by atoms with Gasteiger partial charge in [-0.15, -0.1) is 0 Å². The summed E-state index contributed by atoms with van der Waals surface area (Å²) in [6, 6.07) is 17.0. The molecule has 0 radical (unpaired) electrons. The topological polar surface area (TPSA) is 81.5 Å². The van der Waals surface area contributed by atoms with Gasteiger partial charge in [0, 0.05) is 18.8 Å². The molecule has 3 aromatic rings. The lowest BCUT2D eigenvalue weighted by Crippen LogP contribution is -2.40. The first kappa shape index (κ1) is 21.1. The number of methoxy groups -OCH3 is 1. The van der Waals surface area contributed by atoms with Crippen LogP contribution < -0.4 is 4.74 Å². The quantitative estimate of drug-likeness (QED) is 0.565. The van der Waals surface area contributed by atoms with Crippen molar-refractivity contribution in [1.29, 1.82) is 0 Å². The van der Waals surface area contributed by atoms with Crippen molar-refractivity contribution in [1.82, 2.24) is 14.7 Å². The third kappa shape index (κ3) is 5.14. The van der Waals surface area contributed by atoms with Gasteiger partial charge >= 0.3 is 0 Å². The number of benzene rings is 2. The van der Waals surface area contributed by atoms with Gasteiger partial charge in [-0.05, 0) is 29.7 Å². The molecule has 0 N–H and O–H groups in total. The summed E-state index contributed by atoms with van der Waals surface area (Å²) in [6.45, 7) is 0.886. The van der Waals surface area contributed by atoms with E-state index in [-0.39, 0.29) is 23.5 Å².